The predicted molar refractivity (Wildman–Crippen MR) is 116 cm³/mol. The van der Waals surface area contributed by atoms with Crippen LogP contribution in [0.1, 0.15) is 22.5 Å². The monoisotopic (exact) mass is 438 g/mol. The minimum absolute atomic E-state index is 0.138. The van der Waals surface area contributed by atoms with Gasteiger partial charge >= 0.3 is 0 Å². The molecular weight excluding hydrogens is 418 g/mol. The normalized spacial score (nSPS) is 16.7. The van der Waals surface area contributed by atoms with Crippen molar-refractivity contribution < 1.29 is 13.6 Å². The van der Waals surface area contributed by atoms with E-state index in [0.717, 1.165) is 41.8 Å². The molecule has 0 spiro atoms. The lowest BCUT2D eigenvalue weighted by Gasteiger charge is -2.32. The molecule has 4 aromatic rings. The Balaban J connectivity index is 1.31. The van der Waals surface area contributed by atoms with E-state index in [0.29, 0.717) is 23.9 Å². The van der Waals surface area contributed by atoms with Crippen LogP contribution in [0, 0.1) is 17.6 Å². The Morgan fingerprint density at radius 1 is 1.10 bits per heavy atom. The molecule has 2 aromatic heterocycles. The molecule has 3 heterocycles. The summed E-state index contributed by atoms with van der Waals surface area (Å²) < 4.78 is 30.3. The molecule has 1 aliphatic rings. The number of nitrogens with zero attached hydrogens (tertiary/aromatic N) is 4. The van der Waals surface area contributed by atoms with Crippen LogP contribution in [0.4, 0.5) is 8.78 Å². The number of benzene rings is 2. The van der Waals surface area contributed by atoms with E-state index in [1.165, 1.54) is 24.4 Å². The summed E-state index contributed by atoms with van der Waals surface area (Å²) in [4.78, 5) is 23.8. The molecule has 1 fully saturated rings. The number of piperidine rings is 1. The van der Waals surface area contributed by atoms with Crippen molar-refractivity contribution in [1.29, 1.82) is 0 Å². The molecule has 0 N–H and O–H groups in total. The van der Waals surface area contributed by atoms with Crippen molar-refractivity contribution in [3.05, 3.63) is 71.5 Å². The quantitative estimate of drug-likeness (QED) is 0.451. The second-order valence-corrected chi connectivity index (χ2v) is 8.80. The number of rotatable bonds is 4. The summed E-state index contributed by atoms with van der Waals surface area (Å²) in [5.41, 5.74) is 1.86. The number of amides is 1. The van der Waals surface area contributed by atoms with Crippen molar-refractivity contribution >= 4 is 28.3 Å². The van der Waals surface area contributed by atoms with E-state index in [2.05, 4.69) is 20.6 Å². The van der Waals surface area contributed by atoms with Gasteiger partial charge < -0.3 is 9.47 Å². The second kappa shape index (κ2) is 8.19. The highest BCUT2D eigenvalue weighted by Gasteiger charge is 2.27. The van der Waals surface area contributed by atoms with Gasteiger partial charge in [-0.05, 0) is 43.0 Å². The summed E-state index contributed by atoms with van der Waals surface area (Å²) in [6.45, 7) is 2.09. The van der Waals surface area contributed by atoms with Gasteiger partial charge in [0.15, 0.2) is 0 Å². The molecule has 0 aliphatic carbocycles. The van der Waals surface area contributed by atoms with Gasteiger partial charge in [0.2, 0.25) is 0 Å². The lowest BCUT2D eigenvalue weighted by atomic mass is 9.97. The summed E-state index contributed by atoms with van der Waals surface area (Å²) >= 11 is 1.03. The fraction of sp³-hybridized carbons (Fsp3) is 0.261. The summed E-state index contributed by atoms with van der Waals surface area (Å²) in [6.07, 6.45) is 5.21. The van der Waals surface area contributed by atoms with Crippen molar-refractivity contribution in [2.24, 2.45) is 5.92 Å². The van der Waals surface area contributed by atoms with Crippen molar-refractivity contribution in [2.75, 3.05) is 13.1 Å². The number of halogens is 2. The van der Waals surface area contributed by atoms with E-state index < -0.39 is 11.6 Å². The topological polar surface area (TPSA) is 51.0 Å². The highest BCUT2D eigenvalue weighted by molar-refractivity contribution is 7.16. The van der Waals surface area contributed by atoms with Crippen LogP contribution in [0.25, 0.3) is 21.6 Å². The number of thiazole rings is 1. The molecule has 0 bridgehead atoms. The number of imidazole rings is 1. The lowest BCUT2D eigenvalue weighted by molar-refractivity contribution is 0.0668. The average Bonchev–Trinajstić information content (AvgIpc) is 3.41. The van der Waals surface area contributed by atoms with Crippen molar-refractivity contribution in [1.82, 2.24) is 19.4 Å². The number of para-hydroxylation sites is 2. The largest absolute Gasteiger partial charge is 0.338 e. The molecule has 1 atom stereocenters. The fourth-order valence-corrected chi connectivity index (χ4v) is 5.11. The summed E-state index contributed by atoms with van der Waals surface area (Å²) in [5, 5.41) is 0.178. The third-order valence-corrected chi connectivity index (χ3v) is 6.68. The van der Waals surface area contributed by atoms with Crippen molar-refractivity contribution in [2.45, 2.75) is 19.4 Å². The zero-order chi connectivity index (χ0) is 21.4. The number of hydrogen-bond donors (Lipinski definition) is 0. The first kappa shape index (κ1) is 19.8. The number of aromatic nitrogens is 3. The number of likely N-dealkylation sites (tertiary alicyclic amines) is 1. The van der Waals surface area contributed by atoms with Gasteiger partial charge in [0.1, 0.15) is 21.5 Å². The Labute approximate surface area is 182 Å². The van der Waals surface area contributed by atoms with Crippen LogP contribution in [0.5, 0.6) is 0 Å². The molecule has 1 aliphatic heterocycles. The maximum Gasteiger partial charge on any atom is 0.265 e. The van der Waals surface area contributed by atoms with E-state index in [1.807, 2.05) is 29.4 Å². The third-order valence-electron chi connectivity index (χ3n) is 5.68. The van der Waals surface area contributed by atoms with Gasteiger partial charge in [-0.25, -0.2) is 18.7 Å². The van der Waals surface area contributed by atoms with E-state index in [4.69, 9.17) is 0 Å². The zero-order valence-corrected chi connectivity index (χ0v) is 17.5. The van der Waals surface area contributed by atoms with Crippen molar-refractivity contribution in [3.63, 3.8) is 0 Å². The summed E-state index contributed by atoms with van der Waals surface area (Å²) in [7, 11) is 0. The third kappa shape index (κ3) is 3.83. The average molecular weight is 439 g/mol. The minimum Gasteiger partial charge on any atom is -0.338 e. The first-order chi connectivity index (χ1) is 15.1. The number of carbonyl (C=O) groups excluding carboxylic acids is 1. The standard InChI is InChI=1S/C23H20F2N4OS/c24-16-6-3-7-17(25)21(16)22-26-11-20(31-22)23(30)28-10-4-5-15(12-28)13-29-14-27-18-8-1-2-9-19(18)29/h1-3,6-9,11,14-15H,4-5,10,12-13H2. The lowest BCUT2D eigenvalue weighted by Crippen LogP contribution is -2.40. The molecule has 158 valence electrons. The molecule has 1 amide bonds. The summed E-state index contributed by atoms with van der Waals surface area (Å²) in [5.74, 6) is -1.19. The molecule has 2 aromatic carbocycles. The highest BCUT2D eigenvalue weighted by Crippen LogP contribution is 2.31. The van der Waals surface area contributed by atoms with Crippen LogP contribution >= 0.6 is 11.3 Å². The number of carbonyl (C=O) groups is 1. The molecule has 1 saturated heterocycles. The predicted octanol–water partition coefficient (Wildman–Crippen LogP) is 4.99. The van der Waals surface area contributed by atoms with Gasteiger partial charge in [-0.15, -0.1) is 11.3 Å². The van der Waals surface area contributed by atoms with Crippen LogP contribution in [-0.2, 0) is 6.54 Å². The molecule has 31 heavy (non-hydrogen) atoms. The molecule has 8 heteroatoms. The molecular formula is C23H20F2N4OS. The van der Waals surface area contributed by atoms with Crippen LogP contribution < -0.4 is 0 Å². The molecule has 1 unspecified atom stereocenters. The van der Waals surface area contributed by atoms with Crippen LogP contribution in [0.3, 0.4) is 0 Å². The second-order valence-electron chi connectivity index (χ2n) is 7.77. The number of fused-ring (bicyclic) bond motifs is 1. The van der Waals surface area contributed by atoms with Crippen LogP contribution in [0.15, 0.2) is 55.0 Å². The summed E-state index contributed by atoms with van der Waals surface area (Å²) in [6, 6.07) is 11.7. The molecule has 5 rings (SSSR count). The first-order valence-corrected chi connectivity index (χ1v) is 11.0. The fourth-order valence-electron chi connectivity index (χ4n) is 4.18. The van der Waals surface area contributed by atoms with Gasteiger partial charge in [0.25, 0.3) is 5.91 Å². The van der Waals surface area contributed by atoms with E-state index in [1.54, 1.807) is 0 Å². The Morgan fingerprint density at radius 2 is 1.90 bits per heavy atom. The molecule has 5 nitrogen and oxygen atoms in total. The Morgan fingerprint density at radius 3 is 2.74 bits per heavy atom. The molecule has 0 radical (unpaired) electrons. The first-order valence-electron chi connectivity index (χ1n) is 10.2. The van der Waals surface area contributed by atoms with Gasteiger partial charge in [-0.2, -0.15) is 0 Å². The van der Waals surface area contributed by atoms with Crippen molar-refractivity contribution in [3.8, 4) is 10.6 Å². The van der Waals surface area contributed by atoms with E-state index in [-0.39, 0.29) is 16.5 Å². The van der Waals surface area contributed by atoms with Crippen LogP contribution in [0.2, 0.25) is 0 Å². The zero-order valence-electron chi connectivity index (χ0n) is 16.7. The van der Waals surface area contributed by atoms with Gasteiger partial charge in [-0.3, -0.25) is 4.79 Å². The van der Waals surface area contributed by atoms with Gasteiger partial charge in [-0.1, -0.05) is 18.2 Å². The minimum atomic E-state index is -0.682. The SMILES string of the molecule is O=C(c1cnc(-c2c(F)cccc2F)s1)N1CCCC(Cn2cnc3ccccc32)C1. The van der Waals surface area contributed by atoms with E-state index >= 15 is 0 Å². The Bertz CT molecular complexity index is 1230. The molecule has 0 saturated carbocycles. The van der Waals surface area contributed by atoms with Crippen LogP contribution in [-0.4, -0.2) is 38.4 Å². The van der Waals surface area contributed by atoms with Gasteiger partial charge in [0.05, 0.1) is 29.1 Å². The Hall–Kier alpha value is -3.13. The maximum atomic E-state index is 14.1. The smallest absolute Gasteiger partial charge is 0.265 e. The highest BCUT2D eigenvalue weighted by atomic mass is 32.1. The van der Waals surface area contributed by atoms with E-state index in [9.17, 15) is 13.6 Å². The van der Waals surface area contributed by atoms with Gasteiger partial charge in [0, 0.05) is 19.6 Å². The Kier molecular flexibility index (Phi) is 5.23. The maximum absolute atomic E-state index is 14.1. The number of hydrogen-bond acceptors (Lipinski definition) is 4.